The Hall–Kier alpha value is -1.62. The van der Waals surface area contributed by atoms with Gasteiger partial charge in [0.05, 0.1) is 5.56 Å². The van der Waals surface area contributed by atoms with Crippen LogP contribution in [0.4, 0.5) is 5.82 Å². The number of aromatic nitrogens is 1. The number of ether oxygens (including phenoxy) is 1. The number of carbonyl (C=O) groups excluding carboxylic acids is 1. The Morgan fingerprint density at radius 3 is 2.83 bits per heavy atom. The SMILES string of the molecule is CC1(CNC(=O)c2ccc(N)nc2)CCOCC1. The number of nitrogens with one attached hydrogen (secondary N) is 1. The Morgan fingerprint density at radius 2 is 2.22 bits per heavy atom. The van der Waals surface area contributed by atoms with E-state index in [0.29, 0.717) is 17.9 Å². The molecule has 2 heterocycles. The smallest absolute Gasteiger partial charge is 0.252 e. The van der Waals surface area contributed by atoms with Crippen LogP contribution in [0.1, 0.15) is 30.1 Å². The van der Waals surface area contributed by atoms with Gasteiger partial charge in [-0.15, -0.1) is 0 Å². The number of hydrogen-bond acceptors (Lipinski definition) is 4. The molecule has 98 valence electrons. The molecule has 0 aromatic carbocycles. The number of hydrogen-bond donors (Lipinski definition) is 2. The van der Waals surface area contributed by atoms with Gasteiger partial charge in [0.1, 0.15) is 5.82 Å². The second-order valence-electron chi connectivity index (χ2n) is 5.08. The molecule has 1 fully saturated rings. The van der Waals surface area contributed by atoms with Crippen molar-refractivity contribution in [2.24, 2.45) is 5.41 Å². The van der Waals surface area contributed by atoms with Crippen molar-refractivity contribution in [1.29, 1.82) is 0 Å². The topological polar surface area (TPSA) is 77.2 Å². The third kappa shape index (κ3) is 3.20. The summed E-state index contributed by atoms with van der Waals surface area (Å²) in [5, 5.41) is 2.95. The van der Waals surface area contributed by atoms with Crippen LogP contribution in [-0.2, 0) is 4.74 Å². The van der Waals surface area contributed by atoms with Gasteiger partial charge >= 0.3 is 0 Å². The number of nitrogen functional groups attached to an aromatic ring is 1. The summed E-state index contributed by atoms with van der Waals surface area (Å²) < 4.78 is 5.33. The van der Waals surface area contributed by atoms with Crippen LogP contribution in [-0.4, -0.2) is 30.6 Å². The molecule has 3 N–H and O–H groups in total. The lowest BCUT2D eigenvalue weighted by Crippen LogP contribution is -2.39. The molecule has 1 aliphatic rings. The molecular formula is C13H19N3O2. The maximum atomic E-state index is 11.9. The Balaban J connectivity index is 1.89. The van der Waals surface area contributed by atoms with Crippen molar-refractivity contribution in [3.63, 3.8) is 0 Å². The van der Waals surface area contributed by atoms with Gasteiger partial charge in [-0.1, -0.05) is 6.92 Å². The lowest BCUT2D eigenvalue weighted by atomic mass is 9.82. The van der Waals surface area contributed by atoms with E-state index in [1.54, 1.807) is 12.1 Å². The van der Waals surface area contributed by atoms with Crippen molar-refractivity contribution in [1.82, 2.24) is 10.3 Å². The van der Waals surface area contributed by atoms with Crippen LogP contribution in [0.25, 0.3) is 0 Å². The van der Waals surface area contributed by atoms with Gasteiger partial charge in [-0.3, -0.25) is 4.79 Å². The largest absolute Gasteiger partial charge is 0.384 e. The lowest BCUT2D eigenvalue weighted by Gasteiger charge is -2.33. The maximum absolute atomic E-state index is 11.9. The Bertz CT molecular complexity index is 411. The first kappa shape index (κ1) is 12.8. The standard InChI is InChI=1S/C13H19N3O2/c1-13(4-6-18-7-5-13)9-16-12(17)10-2-3-11(14)15-8-10/h2-3,8H,4-7,9H2,1H3,(H2,14,15)(H,16,17). The van der Waals surface area contributed by atoms with Crippen LogP contribution in [0.2, 0.25) is 0 Å². The molecule has 5 nitrogen and oxygen atoms in total. The zero-order chi connectivity index (χ0) is 13.0. The second kappa shape index (κ2) is 5.35. The Labute approximate surface area is 107 Å². The van der Waals surface area contributed by atoms with Crippen LogP contribution < -0.4 is 11.1 Å². The Kier molecular flexibility index (Phi) is 3.81. The molecular weight excluding hydrogens is 230 g/mol. The summed E-state index contributed by atoms with van der Waals surface area (Å²) in [6.45, 7) is 4.39. The van der Waals surface area contributed by atoms with Gasteiger partial charge in [0.15, 0.2) is 0 Å². The molecule has 0 atom stereocenters. The van der Waals surface area contributed by atoms with Gasteiger partial charge in [-0.2, -0.15) is 0 Å². The molecule has 1 amide bonds. The number of anilines is 1. The highest BCUT2D eigenvalue weighted by Gasteiger charge is 2.27. The molecule has 2 rings (SSSR count). The minimum absolute atomic E-state index is 0.102. The van der Waals surface area contributed by atoms with E-state index in [-0.39, 0.29) is 11.3 Å². The van der Waals surface area contributed by atoms with Gasteiger partial charge in [0.2, 0.25) is 0 Å². The summed E-state index contributed by atoms with van der Waals surface area (Å²) in [4.78, 5) is 15.8. The van der Waals surface area contributed by atoms with Crippen molar-refractivity contribution in [2.45, 2.75) is 19.8 Å². The first-order valence-corrected chi connectivity index (χ1v) is 6.17. The van der Waals surface area contributed by atoms with Gasteiger partial charge in [0.25, 0.3) is 5.91 Å². The number of rotatable bonds is 3. The van der Waals surface area contributed by atoms with Crippen molar-refractivity contribution in [2.75, 3.05) is 25.5 Å². The quantitative estimate of drug-likeness (QED) is 0.844. The fourth-order valence-corrected chi connectivity index (χ4v) is 1.98. The second-order valence-corrected chi connectivity index (χ2v) is 5.08. The maximum Gasteiger partial charge on any atom is 0.252 e. The first-order chi connectivity index (χ1) is 8.59. The van der Waals surface area contributed by atoms with E-state index in [4.69, 9.17) is 10.5 Å². The van der Waals surface area contributed by atoms with E-state index < -0.39 is 0 Å². The molecule has 0 saturated carbocycles. The van der Waals surface area contributed by atoms with E-state index in [0.717, 1.165) is 26.1 Å². The molecule has 0 spiro atoms. The number of nitrogens with two attached hydrogens (primary N) is 1. The van der Waals surface area contributed by atoms with E-state index >= 15 is 0 Å². The molecule has 5 heteroatoms. The fourth-order valence-electron chi connectivity index (χ4n) is 1.98. The van der Waals surface area contributed by atoms with Crippen molar-refractivity contribution < 1.29 is 9.53 Å². The number of amides is 1. The zero-order valence-corrected chi connectivity index (χ0v) is 10.6. The average Bonchev–Trinajstić information content (AvgIpc) is 2.38. The zero-order valence-electron chi connectivity index (χ0n) is 10.6. The van der Waals surface area contributed by atoms with Gasteiger partial charge in [0, 0.05) is 26.0 Å². The normalized spacial score (nSPS) is 18.3. The summed E-state index contributed by atoms with van der Waals surface area (Å²) >= 11 is 0. The minimum Gasteiger partial charge on any atom is -0.384 e. The molecule has 18 heavy (non-hydrogen) atoms. The molecule has 0 aliphatic carbocycles. The van der Waals surface area contributed by atoms with E-state index in [1.807, 2.05) is 0 Å². The van der Waals surface area contributed by atoms with Gasteiger partial charge < -0.3 is 15.8 Å². The lowest BCUT2D eigenvalue weighted by molar-refractivity contribution is 0.0238. The summed E-state index contributed by atoms with van der Waals surface area (Å²) in [7, 11) is 0. The van der Waals surface area contributed by atoms with Crippen LogP contribution in [0.3, 0.4) is 0 Å². The molecule has 1 aromatic heterocycles. The summed E-state index contributed by atoms with van der Waals surface area (Å²) in [5.41, 5.74) is 6.16. The first-order valence-electron chi connectivity index (χ1n) is 6.17. The van der Waals surface area contributed by atoms with Crippen molar-refractivity contribution in [3.05, 3.63) is 23.9 Å². The third-order valence-corrected chi connectivity index (χ3v) is 3.42. The van der Waals surface area contributed by atoms with Crippen LogP contribution >= 0.6 is 0 Å². The molecule has 1 aliphatic heterocycles. The van der Waals surface area contributed by atoms with Crippen molar-refractivity contribution in [3.8, 4) is 0 Å². The fraction of sp³-hybridized carbons (Fsp3) is 0.538. The molecule has 1 aromatic rings. The van der Waals surface area contributed by atoms with Crippen molar-refractivity contribution >= 4 is 11.7 Å². The van der Waals surface area contributed by atoms with E-state index in [2.05, 4.69) is 17.2 Å². The molecule has 0 bridgehead atoms. The highest BCUT2D eigenvalue weighted by atomic mass is 16.5. The summed E-state index contributed by atoms with van der Waals surface area (Å²) in [6, 6.07) is 3.31. The summed E-state index contributed by atoms with van der Waals surface area (Å²) in [5.74, 6) is 0.318. The van der Waals surface area contributed by atoms with Gasteiger partial charge in [-0.05, 0) is 30.4 Å². The molecule has 1 saturated heterocycles. The number of pyridine rings is 1. The van der Waals surface area contributed by atoms with Crippen LogP contribution in [0.15, 0.2) is 18.3 Å². The van der Waals surface area contributed by atoms with Crippen LogP contribution in [0.5, 0.6) is 0 Å². The van der Waals surface area contributed by atoms with E-state index in [9.17, 15) is 4.79 Å². The third-order valence-electron chi connectivity index (χ3n) is 3.42. The summed E-state index contributed by atoms with van der Waals surface area (Å²) in [6.07, 6.45) is 3.46. The highest BCUT2D eigenvalue weighted by molar-refractivity contribution is 5.94. The predicted molar refractivity (Wildman–Crippen MR) is 69.1 cm³/mol. The number of carbonyl (C=O) groups is 1. The molecule has 0 radical (unpaired) electrons. The monoisotopic (exact) mass is 249 g/mol. The van der Waals surface area contributed by atoms with Crippen LogP contribution in [0, 0.1) is 5.41 Å². The highest BCUT2D eigenvalue weighted by Crippen LogP contribution is 2.28. The molecule has 0 unspecified atom stereocenters. The number of nitrogens with zero attached hydrogens (tertiary/aromatic N) is 1. The Morgan fingerprint density at radius 1 is 1.50 bits per heavy atom. The minimum atomic E-state index is -0.102. The average molecular weight is 249 g/mol. The van der Waals surface area contributed by atoms with Gasteiger partial charge in [-0.25, -0.2) is 4.98 Å². The van der Waals surface area contributed by atoms with E-state index in [1.165, 1.54) is 6.20 Å². The predicted octanol–water partition coefficient (Wildman–Crippen LogP) is 1.21.